The second-order valence-corrected chi connectivity index (χ2v) is 4.12. The maximum absolute atomic E-state index is 9.85. The summed E-state index contributed by atoms with van der Waals surface area (Å²) in [6.07, 6.45) is -0.0546. The van der Waals surface area contributed by atoms with Crippen LogP contribution in [0.2, 0.25) is 0 Å². The van der Waals surface area contributed by atoms with Crippen LogP contribution in [0.15, 0.2) is 54.6 Å². The van der Waals surface area contributed by atoms with Gasteiger partial charge in [-0.15, -0.1) is 0 Å². The third-order valence-corrected chi connectivity index (χ3v) is 2.61. The summed E-state index contributed by atoms with van der Waals surface area (Å²) >= 11 is 0. The minimum Gasteiger partial charge on any atom is -0.504 e. The van der Waals surface area contributed by atoms with Gasteiger partial charge in [0, 0.05) is 6.42 Å². The number of phenols is 1. The molecule has 0 aliphatic heterocycles. The zero-order valence-electron chi connectivity index (χ0n) is 9.99. The Bertz CT molecular complexity index is 482. The molecule has 2 aromatic rings. The maximum Gasteiger partial charge on any atom is 0.161 e. The minimum absolute atomic E-state index is 0.0874. The lowest BCUT2D eigenvalue weighted by atomic mass is 10.1. The second kappa shape index (κ2) is 6.07. The number of hydrogen-bond donors (Lipinski definition) is 2. The number of benzene rings is 2. The SMILES string of the molecule is Oc1ccccc1OCC(O)Cc1ccccc1. The number of aliphatic hydroxyl groups is 1. The van der Waals surface area contributed by atoms with Gasteiger partial charge in [0.25, 0.3) is 0 Å². The molecule has 1 unspecified atom stereocenters. The first-order valence-electron chi connectivity index (χ1n) is 5.88. The van der Waals surface area contributed by atoms with E-state index in [-0.39, 0.29) is 12.4 Å². The van der Waals surface area contributed by atoms with E-state index in [0.717, 1.165) is 5.56 Å². The zero-order chi connectivity index (χ0) is 12.8. The largest absolute Gasteiger partial charge is 0.504 e. The molecule has 0 aliphatic carbocycles. The second-order valence-electron chi connectivity index (χ2n) is 4.12. The van der Waals surface area contributed by atoms with E-state index in [1.54, 1.807) is 24.3 Å². The number of phenolic OH excluding ortho intramolecular Hbond substituents is 1. The molecule has 0 radical (unpaired) electrons. The Hall–Kier alpha value is -2.00. The predicted octanol–water partition coefficient (Wildman–Crippen LogP) is 2.37. The van der Waals surface area contributed by atoms with Crippen molar-refractivity contribution in [1.29, 1.82) is 0 Å². The van der Waals surface area contributed by atoms with Crippen LogP contribution < -0.4 is 4.74 Å². The highest BCUT2D eigenvalue weighted by Crippen LogP contribution is 2.24. The summed E-state index contributed by atoms with van der Waals surface area (Å²) in [4.78, 5) is 0. The molecule has 0 saturated heterocycles. The topological polar surface area (TPSA) is 49.7 Å². The Balaban J connectivity index is 1.86. The van der Waals surface area contributed by atoms with Gasteiger partial charge in [0.2, 0.25) is 0 Å². The van der Waals surface area contributed by atoms with E-state index in [1.807, 2.05) is 30.3 Å². The van der Waals surface area contributed by atoms with Crippen LogP contribution in [0.5, 0.6) is 11.5 Å². The maximum atomic E-state index is 9.85. The number of aromatic hydroxyl groups is 1. The van der Waals surface area contributed by atoms with E-state index in [0.29, 0.717) is 12.2 Å². The summed E-state index contributed by atoms with van der Waals surface area (Å²) in [6.45, 7) is 0.159. The highest BCUT2D eigenvalue weighted by atomic mass is 16.5. The van der Waals surface area contributed by atoms with Crippen molar-refractivity contribution in [1.82, 2.24) is 0 Å². The highest BCUT2D eigenvalue weighted by molar-refractivity contribution is 5.37. The molecule has 0 fully saturated rings. The van der Waals surface area contributed by atoms with Crippen LogP contribution in [-0.4, -0.2) is 22.9 Å². The standard InChI is InChI=1S/C15H16O3/c16-13(10-12-6-2-1-3-7-12)11-18-15-9-5-4-8-14(15)17/h1-9,13,16-17H,10-11H2. The molecular formula is C15H16O3. The highest BCUT2D eigenvalue weighted by Gasteiger charge is 2.08. The summed E-state index contributed by atoms with van der Waals surface area (Å²) < 4.78 is 5.37. The van der Waals surface area contributed by atoms with E-state index >= 15 is 0 Å². The summed E-state index contributed by atoms with van der Waals surface area (Å²) in [5.74, 6) is 0.481. The van der Waals surface area contributed by atoms with Gasteiger partial charge in [0.1, 0.15) is 6.61 Å². The summed E-state index contributed by atoms with van der Waals surface area (Å²) in [5.41, 5.74) is 1.06. The smallest absolute Gasteiger partial charge is 0.161 e. The lowest BCUT2D eigenvalue weighted by molar-refractivity contribution is 0.106. The minimum atomic E-state index is -0.591. The molecule has 0 bridgehead atoms. The summed E-state index contributed by atoms with van der Waals surface area (Å²) in [5, 5.41) is 19.4. The van der Waals surface area contributed by atoms with Crippen molar-refractivity contribution in [2.45, 2.75) is 12.5 Å². The monoisotopic (exact) mass is 244 g/mol. The molecule has 0 saturated carbocycles. The quantitative estimate of drug-likeness (QED) is 0.849. The fourth-order valence-corrected chi connectivity index (χ4v) is 1.71. The van der Waals surface area contributed by atoms with E-state index in [2.05, 4.69) is 0 Å². The number of hydrogen-bond acceptors (Lipinski definition) is 3. The lowest BCUT2D eigenvalue weighted by Gasteiger charge is -2.13. The number of aliphatic hydroxyl groups excluding tert-OH is 1. The van der Waals surface area contributed by atoms with Gasteiger partial charge in [-0.05, 0) is 17.7 Å². The van der Waals surface area contributed by atoms with Crippen LogP contribution in [0.4, 0.5) is 0 Å². The molecule has 18 heavy (non-hydrogen) atoms. The fraction of sp³-hybridized carbons (Fsp3) is 0.200. The number of ether oxygens (including phenoxy) is 1. The predicted molar refractivity (Wildman–Crippen MR) is 69.8 cm³/mol. The number of para-hydroxylation sites is 2. The van der Waals surface area contributed by atoms with E-state index in [1.165, 1.54) is 0 Å². The molecule has 2 N–H and O–H groups in total. The Morgan fingerprint density at radius 3 is 2.33 bits per heavy atom. The molecule has 0 heterocycles. The van der Waals surface area contributed by atoms with E-state index in [9.17, 15) is 10.2 Å². The van der Waals surface area contributed by atoms with Crippen LogP contribution in [0.1, 0.15) is 5.56 Å². The van der Waals surface area contributed by atoms with Gasteiger partial charge in [-0.1, -0.05) is 42.5 Å². The number of rotatable bonds is 5. The molecule has 3 nitrogen and oxygen atoms in total. The van der Waals surface area contributed by atoms with Gasteiger partial charge in [-0.25, -0.2) is 0 Å². The summed E-state index contributed by atoms with van der Waals surface area (Å²) in [6, 6.07) is 16.5. The Morgan fingerprint density at radius 2 is 1.61 bits per heavy atom. The molecular weight excluding hydrogens is 228 g/mol. The van der Waals surface area contributed by atoms with Crippen molar-refractivity contribution in [2.75, 3.05) is 6.61 Å². The average Bonchev–Trinajstić information content (AvgIpc) is 2.39. The van der Waals surface area contributed by atoms with Gasteiger partial charge in [-0.2, -0.15) is 0 Å². The first kappa shape index (κ1) is 12.5. The van der Waals surface area contributed by atoms with Gasteiger partial charge < -0.3 is 14.9 Å². The first-order valence-corrected chi connectivity index (χ1v) is 5.88. The van der Waals surface area contributed by atoms with Crippen molar-refractivity contribution in [3.05, 3.63) is 60.2 Å². The van der Waals surface area contributed by atoms with Crippen LogP contribution in [0, 0.1) is 0 Å². The third kappa shape index (κ3) is 3.50. The summed E-state index contributed by atoms with van der Waals surface area (Å²) in [7, 11) is 0. The molecule has 0 aromatic heterocycles. The third-order valence-electron chi connectivity index (χ3n) is 2.61. The Kier molecular flexibility index (Phi) is 4.20. The lowest BCUT2D eigenvalue weighted by Crippen LogP contribution is -2.20. The van der Waals surface area contributed by atoms with Crippen LogP contribution >= 0.6 is 0 Å². The molecule has 0 amide bonds. The molecule has 2 rings (SSSR count). The van der Waals surface area contributed by atoms with Crippen molar-refractivity contribution in [3.63, 3.8) is 0 Å². The molecule has 0 aliphatic rings. The van der Waals surface area contributed by atoms with Gasteiger partial charge in [0.05, 0.1) is 6.10 Å². The van der Waals surface area contributed by atoms with E-state index in [4.69, 9.17) is 4.74 Å². The fourth-order valence-electron chi connectivity index (χ4n) is 1.71. The van der Waals surface area contributed by atoms with Crippen LogP contribution in [0.25, 0.3) is 0 Å². The normalized spacial score (nSPS) is 12.1. The van der Waals surface area contributed by atoms with Crippen molar-refractivity contribution < 1.29 is 14.9 Å². The van der Waals surface area contributed by atoms with Crippen LogP contribution in [0.3, 0.4) is 0 Å². The first-order chi connectivity index (χ1) is 8.75. The Morgan fingerprint density at radius 1 is 0.944 bits per heavy atom. The Labute approximate surface area is 106 Å². The molecule has 1 atom stereocenters. The van der Waals surface area contributed by atoms with Crippen molar-refractivity contribution in [2.24, 2.45) is 0 Å². The molecule has 2 aromatic carbocycles. The zero-order valence-corrected chi connectivity index (χ0v) is 9.99. The van der Waals surface area contributed by atoms with Gasteiger partial charge >= 0.3 is 0 Å². The van der Waals surface area contributed by atoms with Gasteiger partial charge in [0.15, 0.2) is 11.5 Å². The van der Waals surface area contributed by atoms with Crippen molar-refractivity contribution in [3.8, 4) is 11.5 Å². The average molecular weight is 244 g/mol. The van der Waals surface area contributed by atoms with Gasteiger partial charge in [-0.3, -0.25) is 0 Å². The van der Waals surface area contributed by atoms with Crippen molar-refractivity contribution >= 4 is 0 Å². The molecule has 94 valence electrons. The van der Waals surface area contributed by atoms with E-state index < -0.39 is 6.10 Å². The molecule has 0 spiro atoms. The molecule has 3 heteroatoms. The van der Waals surface area contributed by atoms with Crippen LogP contribution in [-0.2, 0) is 6.42 Å².